The van der Waals surface area contributed by atoms with Gasteiger partial charge in [0, 0.05) is 0 Å². The van der Waals surface area contributed by atoms with Crippen LogP contribution in [0, 0.1) is 0 Å². The van der Waals surface area contributed by atoms with Crippen molar-refractivity contribution in [3.63, 3.8) is 0 Å². The molecule has 0 fully saturated rings. The quantitative estimate of drug-likeness (QED) is 0.280. The molecule has 0 aliphatic heterocycles. The molecule has 0 heterocycles. The molecule has 0 N–H and O–H groups in total. The monoisotopic (exact) mass is 378 g/mol. The van der Waals surface area contributed by atoms with E-state index in [9.17, 15) is 0 Å². The summed E-state index contributed by atoms with van der Waals surface area (Å²) in [5.41, 5.74) is 4.25. The molecule has 0 spiro atoms. The molecule has 3 aromatic carbocycles. The fourth-order valence-electron chi connectivity index (χ4n) is 2.97. The van der Waals surface area contributed by atoms with Gasteiger partial charge in [0.25, 0.3) is 0 Å². The second-order valence-electron chi connectivity index (χ2n) is 6.25. The summed E-state index contributed by atoms with van der Waals surface area (Å²) < 4.78 is 0. The van der Waals surface area contributed by atoms with Crippen LogP contribution in [-0.2, 0) is 17.1 Å². The Morgan fingerprint density at radius 2 is 1.33 bits per heavy atom. The van der Waals surface area contributed by atoms with Gasteiger partial charge < -0.3 is 0 Å². The Balaban J connectivity index is 0.000000412. The van der Waals surface area contributed by atoms with E-state index in [-0.39, 0.29) is 25.0 Å². The maximum atomic E-state index is 2.35. The largest absolute Gasteiger partial charge is 2.00 e. The van der Waals surface area contributed by atoms with Gasteiger partial charge in [-0.2, -0.15) is 30.3 Å². The van der Waals surface area contributed by atoms with Crippen molar-refractivity contribution in [2.75, 3.05) is 0 Å². The van der Waals surface area contributed by atoms with E-state index in [0.717, 1.165) is 11.3 Å². The van der Waals surface area contributed by atoms with Gasteiger partial charge in [-0.1, -0.05) is 56.8 Å². The van der Waals surface area contributed by atoms with Crippen LogP contribution in [0.3, 0.4) is 0 Å². The van der Waals surface area contributed by atoms with Crippen LogP contribution in [0.15, 0.2) is 78.9 Å². The number of rotatable bonds is 4. The zero-order valence-electron chi connectivity index (χ0n) is 15.0. The first-order valence-electron chi connectivity index (χ1n) is 8.37. The van der Waals surface area contributed by atoms with E-state index in [1.807, 2.05) is 30.3 Å². The zero-order valence-corrected chi connectivity index (χ0v) is 17.0. The van der Waals surface area contributed by atoms with E-state index in [2.05, 4.69) is 76.2 Å². The molecule has 24 heavy (non-hydrogen) atoms. The summed E-state index contributed by atoms with van der Waals surface area (Å²) in [4.78, 5) is 0. The average molecular weight is 378 g/mol. The summed E-state index contributed by atoms with van der Waals surface area (Å²) >= 11 is 0. The maximum absolute atomic E-state index is 2.35. The van der Waals surface area contributed by atoms with Gasteiger partial charge in [0.05, 0.1) is 0 Å². The van der Waals surface area contributed by atoms with Gasteiger partial charge in [-0.25, -0.2) is 12.1 Å². The van der Waals surface area contributed by atoms with Crippen molar-refractivity contribution in [3.05, 3.63) is 78.9 Å². The molecule has 0 aliphatic rings. The second-order valence-corrected chi connectivity index (χ2v) is 9.61. The normalized spacial score (nSPS) is 10.5. The fourth-order valence-corrected chi connectivity index (χ4v) is 6.02. The topological polar surface area (TPSA) is 0 Å². The molecule has 0 nitrogen and oxygen atoms in total. The Labute approximate surface area is 159 Å². The summed E-state index contributed by atoms with van der Waals surface area (Å²) in [6.45, 7) is 9.42. The van der Waals surface area contributed by atoms with Gasteiger partial charge in [0.2, 0.25) is 0 Å². The van der Waals surface area contributed by atoms with Crippen LogP contribution in [0.2, 0.25) is 0 Å². The Morgan fingerprint density at radius 1 is 0.792 bits per heavy atom. The number of benzene rings is 1. The van der Waals surface area contributed by atoms with E-state index in [4.69, 9.17) is 0 Å². The standard InChI is InChI=1S/C17H22P.C5H5.Fe/c1-13(2)18(14(3)4)17-12-8-7-11-16(17)15-9-5-6-10-15;1-2-4-5-3-1;/h5-14H,1-4H3;1-5H;/q2*-1;+2. The van der Waals surface area contributed by atoms with Crippen LogP contribution in [0.25, 0.3) is 11.1 Å². The third-order valence-corrected chi connectivity index (χ3v) is 7.00. The van der Waals surface area contributed by atoms with Gasteiger partial charge in [0.1, 0.15) is 0 Å². The maximum Gasteiger partial charge on any atom is 2.00 e. The Bertz CT molecular complexity index is 626. The van der Waals surface area contributed by atoms with Crippen LogP contribution in [0.1, 0.15) is 27.7 Å². The Kier molecular flexibility index (Phi) is 9.30. The van der Waals surface area contributed by atoms with Crippen LogP contribution in [0.5, 0.6) is 0 Å². The van der Waals surface area contributed by atoms with Crippen molar-refractivity contribution in [3.8, 4) is 11.1 Å². The van der Waals surface area contributed by atoms with Gasteiger partial charge in [-0.3, -0.25) is 0 Å². The molecule has 3 aromatic rings. The molecule has 0 unspecified atom stereocenters. The van der Waals surface area contributed by atoms with E-state index in [1.165, 1.54) is 11.1 Å². The van der Waals surface area contributed by atoms with E-state index in [1.54, 1.807) is 5.30 Å². The van der Waals surface area contributed by atoms with Crippen molar-refractivity contribution in [2.24, 2.45) is 0 Å². The Morgan fingerprint density at radius 3 is 1.79 bits per heavy atom. The molecule has 128 valence electrons. The predicted molar refractivity (Wildman–Crippen MR) is 106 cm³/mol. The molecule has 0 bridgehead atoms. The zero-order chi connectivity index (χ0) is 16.7. The van der Waals surface area contributed by atoms with Crippen LogP contribution >= 0.6 is 7.92 Å². The second kappa shape index (κ2) is 10.7. The van der Waals surface area contributed by atoms with Crippen LogP contribution < -0.4 is 5.30 Å². The van der Waals surface area contributed by atoms with Crippen LogP contribution in [-0.4, -0.2) is 11.3 Å². The minimum absolute atomic E-state index is 0. The van der Waals surface area contributed by atoms with Gasteiger partial charge >= 0.3 is 17.1 Å². The minimum atomic E-state index is -0.0993. The number of hydrogen-bond donors (Lipinski definition) is 0. The molecule has 3 rings (SSSR count). The Hall–Kier alpha value is -1.13. The SMILES string of the molecule is CC(C)P(c1ccccc1-[c-]1cccc1)C(C)C.[Fe+2].c1cc[cH-]c1. The van der Waals surface area contributed by atoms with Gasteiger partial charge in [0.15, 0.2) is 0 Å². The first kappa shape index (κ1) is 20.9. The van der Waals surface area contributed by atoms with Crippen molar-refractivity contribution in [2.45, 2.75) is 39.0 Å². The first-order chi connectivity index (χ1) is 11.1. The molecule has 2 heteroatoms. The average Bonchev–Trinajstić information content (AvgIpc) is 3.24. The summed E-state index contributed by atoms with van der Waals surface area (Å²) in [5.74, 6) is 0. The van der Waals surface area contributed by atoms with Crippen molar-refractivity contribution in [1.29, 1.82) is 0 Å². The van der Waals surface area contributed by atoms with E-state index in [0.29, 0.717) is 0 Å². The summed E-state index contributed by atoms with van der Waals surface area (Å²) in [5, 5.41) is 1.56. The molecule has 0 saturated carbocycles. The molecule has 0 radical (unpaired) electrons. The number of hydrogen-bond acceptors (Lipinski definition) is 0. The smallest absolute Gasteiger partial charge is 0.214 e. The summed E-state index contributed by atoms with van der Waals surface area (Å²) in [6, 6.07) is 27.6. The van der Waals surface area contributed by atoms with E-state index >= 15 is 0 Å². The third-order valence-electron chi connectivity index (χ3n) is 3.82. The van der Waals surface area contributed by atoms with Gasteiger partial charge in [-0.15, -0.1) is 31.7 Å². The molecule has 0 aliphatic carbocycles. The van der Waals surface area contributed by atoms with Gasteiger partial charge in [-0.05, 0) is 11.3 Å². The molecule has 0 aromatic heterocycles. The van der Waals surface area contributed by atoms with Crippen molar-refractivity contribution >= 4 is 13.2 Å². The first-order valence-corrected chi connectivity index (χ1v) is 9.85. The molecular formula is C22H27FeP. The molecule has 0 saturated heterocycles. The fraction of sp³-hybridized carbons (Fsp3) is 0.273. The summed E-state index contributed by atoms with van der Waals surface area (Å²) in [7, 11) is -0.0993. The predicted octanol–water partition coefficient (Wildman–Crippen LogP) is 6.40. The van der Waals surface area contributed by atoms with Crippen molar-refractivity contribution < 1.29 is 17.1 Å². The van der Waals surface area contributed by atoms with Crippen LogP contribution in [0.4, 0.5) is 0 Å². The van der Waals surface area contributed by atoms with E-state index < -0.39 is 0 Å². The molecule has 0 atom stereocenters. The third kappa shape index (κ3) is 5.75. The molecule has 0 amide bonds. The summed E-state index contributed by atoms with van der Waals surface area (Å²) in [6.07, 6.45) is 0. The molecular weight excluding hydrogens is 351 g/mol. The minimum Gasteiger partial charge on any atom is -0.214 e. The van der Waals surface area contributed by atoms with Crippen molar-refractivity contribution in [1.82, 2.24) is 0 Å².